The number of esters is 1. The summed E-state index contributed by atoms with van der Waals surface area (Å²) in [5, 5.41) is 8.85. The lowest BCUT2D eigenvalue weighted by Gasteiger charge is -2.34. The Morgan fingerprint density at radius 3 is 1.29 bits per heavy atom. The molecule has 0 bridgehead atoms. The molecule has 1 unspecified atom stereocenters. The fourth-order valence-corrected chi connectivity index (χ4v) is 4.87. The van der Waals surface area contributed by atoms with Crippen molar-refractivity contribution in [3.8, 4) is 0 Å². The van der Waals surface area contributed by atoms with Crippen LogP contribution in [0.4, 0.5) is 0 Å². The van der Waals surface area contributed by atoms with E-state index in [9.17, 15) is 9.59 Å². The Hall–Kier alpha value is -1.06. The van der Waals surface area contributed by atoms with Crippen molar-refractivity contribution in [3.05, 3.63) is 0 Å². The van der Waals surface area contributed by atoms with Gasteiger partial charge in [-0.25, -0.2) is 0 Å². The number of rotatable bonds is 26. The van der Waals surface area contributed by atoms with Crippen LogP contribution >= 0.6 is 0 Å². The van der Waals surface area contributed by atoms with Crippen molar-refractivity contribution < 1.29 is 19.4 Å². The number of hydrogen-bond donors (Lipinski definition) is 1. The van der Waals surface area contributed by atoms with E-state index in [0.29, 0.717) is 19.3 Å². The summed E-state index contributed by atoms with van der Waals surface area (Å²) in [4.78, 5) is 23.6. The molecular weight excluding hydrogens is 424 g/mol. The van der Waals surface area contributed by atoms with Crippen molar-refractivity contribution in [2.45, 2.75) is 180 Å². The summed E-state index contributed by atoms with van der Waals surface area (Å²) < 4.78 is 6.31. The lowest BCUT2D eigenvalue weighted by Crippen LogP contribution is -2.35. The molecule has 0 aliphatic heterocycles. The highest BCUT2D eigenvalue weighted by atomic mass is 16.6. The minimum absolute atomic E-state index is 0.116. The topological polar surface area (TPSA) is 63.6 Å². The van der Waals surface area contributed by atoms with E-state index < -0.39 is 5.97 Å². The molecule has 4 heteroatoms. The third-order valence-corrected chi connectivity index (χ3v) is 7.06. The summed E-state index contributed by atoms with van der Waals surface area (Å²) in [5.74, 6) is -0.907. The number of unbranched alkanes of at least 4 members (excludes halogenated alkanes) is 15. The third-order valence-electron chi connectivity index (χ3n) is 7.06. The Bertz CT molecular complexity index is 476. The quantitative estimate of drug-likeness (QED) is 0.0984. The number of aliphatic carboxylic acids is 1. The van der Waals surface area contributed by atoms with Crippen LogP contribution in [0.2, 0.25) is 0 Å². The average molecular weight is 483 g/mol. The minimum Gasteiger partial charge on any atom is -0.481 e. The lowest BCUT2D eigenvalue weighted by molar-refractivity contribution is -0.163. The molecule has 0 saturated carbocycles. The first-order valence-electron chi connectivity index (χ1n) is 14.9. The van der Waals surface area contributed by atoms with Gasteiger partial charge >= 0.3 is 11.9 Å². The lowest BCUT2D eigenvalue weighted by atomic mass is 9.84. The summed E-state index contributed by atoms with van der Waals surface area (Å²) in [5.41, 5.74) is -0.314. The minimum atomic E-state index is -0.791. The molecule has 0 saturated heterocycles. The molecule has 0 amide bonds. The Kier molecular flexibility index (Phi) is 22.9. The van der Waals surface area contributed by atoms with Gasteiger partial charge in [0.25, 0.3) is 0 Å². The number of ether oxygens (including phenoxy) is 1. The molecule has 34 heavy (non-hydrogen) atoms. The SMILES string of the molecule is CCCCCCCCCC(CCCCCC)(CCCCCCCC)OC(=O)CCCCC(=O)O. The number of carboxylic acids is 1. The van der Waals surface area contributed by atoms with Gasteiger partial charge in [-0.3, -0.25) is 9.59 Å². The predicted molar refractivity (Wildman–Crippen MR) is 144 cm³/mol. The number of carbonyl (C=O) groups excluding carboxylic acids is 1. The van der Waals surface area contributed by atoms with Gasteiger partial charge in [0.1, 0.15) is 5.60 Å². The van der Waals surface area contributed by atoms with E-state index in [1.54, 1.807) is 0 Å². The highest BCUT2D eigenvalue weighted by molar-refractivity contribution is 5.70. The van der Waals surface area contributed by atoms with Gasteiger partial charge in [0.2, 0.25) is 0 Å². The van der Waals surface area contributed by atoms with Gasteiger partial charge in [-0.15, -0.1) is 0 Å². The fraction of sp³-hybridized carbons (Fsp3) is 0.933. The maximum absolute atomic E-state index is 12.8. The molecule has 0 aliphatic carbocycles. The van der Waals surface area contributed by atoms with Gasteiger partial charge in [0, 0.05) is 12.8 Å². The van der Waals surface area contributed by atoms with Crippen molar-refractivity contribution >= 4 is 11.9 Å². The van der Waals surface area contributed by atoms with Crippen LogP contribution in [0.3, 0.4) is 0 Å². The largest absolute Gasteiger partial charge is 0.481 e. The molecule has 0 aliphatic rings. The van der Waals surface area contributed by atoms with Crippen LogP contribution in [0.15, 0.2) is 0 Å². The van der Waals surface area contributed by atoms with Crippen LogP contribution in [0.25, 0.3) is 0 Å². The van der Waals surface area contributed by atoms with Gasteiger partial charge in [0.15, 0.2) is 0 Å². The van der Waals surface area contributed by atoms with Crippen LogP contribution in [0.1, 0.15) is 175 Å². The van der Waals surface area contributed by atoms with E-state index >= 15 is 0 Å². The summed E-state index contributed by atoms with van der Waals surface area (Å²) in [6.45, 7) is 6.74. The molecule has 1 atom stereocenters. The zero-order chi connectivity index (χ0) is 25.3. The van der Waals surface area contributed by atoms with Crippen LogP contribution in [0.5, 0.6) is 0 Å². The van der Waals surface area contributed by atoms with E-state index in [1.807, 2.05) is 0 Å². The first kappa shape index (κ1) is 32.9. The maximum Gasteiger partial charge on any atom is 0.306 e. The second-order valence-electron chi connectivity index (χ2n) is 10.5. The molecule has 1 N–H and O–H groups in total. The number of carboxylic acid groups (broad SMARTS) is 1. The zero-order valence-electron chi connectivity index (χ0n) is 23.1. The molecule has 0 aromatic rings. The highest BCUT2D eigenvalue weighted by Gasteiger charge is 2.32. The summed E-state index contributed by atoms with van der Waals surface area (Å²) in [6, 6.07) is 0. The zero-order valence-corrected chi connectivity index (χ0v) is 23.1. The molecule has 0 heterocycles. The summed E-state index contributed by atoms with van der Waals surface area (Å²) in [7, 11) is 0. The molecular formula is C30H58O4. The Labute approximate surface area is 212 Å². The van der Waals surface area contributed by atoms with Gasteiger partial charge in [-0.1, -0.05) is 111 Å². The van der Waals surface area contributed by atoms with E-state index in [2.05, 4.69) is 20.8 Å². The van der Waals surface area contributed by atoms with Crippen LogP contribution in [-0.2, 0) is 14.3 Å². The first-order valence-corrected chi connectivity index (χ1v) is 14.9. The highest BCUT2D eigenvalue weighted by Crippen LogP contribution is 2.33. The monoisotopic (exact) mass is 482 g/mol. The third kappa shape index (κ3) is 20.3. The van der Waals surface area contributed by atoms with Gasteiger partial charge < -0.3 is 9.84 Å². The van der Waals surface area contributed by atoms with Crippen LogP contribution in [-0.4, -0.2) is 22.6 Å². The fourth-order valence-electron chi connectivity index (χ4n) is 4.87. The molecule has 0 rings (SSSR count). The number of hydrogen-bond acceptors (Lipinski definition) is 3. The Morgan fingerprint density at radius 1 is 0.529 bits per heavy atom. The van der Waals surface area contributed by atoms with Crippen LogP contribution < -0.4 is 0 Å². The van der Waals surface area contributed by atoms with E-state index in [-0.39, 0.29) is 18.0 Å². The molecule has 0 aromatic heterocycles. The standard InChI is InChI=1S/C30H58O4/c1-4-7-10-13-15-17-22-27-30(25-20-12-9-6-3,26-21-16-14-11-8-5-2)34-29(33)24-19-18-23-28(31)32/h4-27H2,1-3H3,(H,31,32). The Morgan fingerprint density at radius 2 is 0.882 bits per heavy atom. The van der Waals surface area contributed by atoms with Crippen molar-refractivity contribution in [1.82, 2.24) is 0 Å². The average Bonchev–Trinajstić information content (AvgIpc) is 2.81. The van der Waals surface area contributed by atoms with Crippen molar-refractivity contribution in [3.63, 3.8) is 0 Å². The van der Waals surface area contributed by atoms with Gasteiger partial charge in [-0.05, 0) is 51.4 Å². The number of carbonyl (C=O) groups is 2. The first-order chi connectivity index (χ1) is 16.5. The second kappa shape index (κ2) is 23.7. The van der Waals surface area contributed by atoms with Crippen molar-refractivity contribution in [1.29, 1.82) is 0 Å². The van der Waals surface area contributed by atoms with E-state index in [1.165, 1.54) is 89.9 Å². The molecule has 202 valence electrons. The maximum atomic E-state index is 12.8. The van der Waals surface area contributed by atoms with Crippen molar-refractivity contribution in [2.75, 3.05) is 0 Å². The normalized spacial score (nSPS) is 13.0. The van der Waals surface area contributed by atoms with Gasteiger partial charge in [0.05, 0.1) is 0 Å². The predicted octanol–water partition coefficient (Wildman–Crippen LogP) is 9.78. The van der Waals surface area contributed by atoms with Crippen molar-refractivity contribution in [2.24, 2.45) is 0 Å². The molecule has 4 nitrogen and oxygen atoms in total. The van der Waals surface area contributed by atoms with Crippen LogP contribution in [0, 0.1) is 0 Å². The molecule has 0 spiro atoms. The van der Waals surface area contributed by atoms with E-state index in [4.69, 9.17) is 9.84 Å². The molecule has 0 radical (unpaired) electrons. The molecule has 0 aromatic carbocycles. The molecule has 0 fully saturated rings. The second-order valence-corrected chi connectivity index (χ2v) is 10.5. The summed E-state index contributed by atoms with van der Waals surface area (Å²) >= 11 is 0. The van der Waals surface area contributed by atoms with Gasteiger partial charge in [-0.2, -0.15) is 0 Å². The Balaban J connectivity index is 4.94. The van der Waals surface area contributed by atoms with E-state index in [0.717, 1.165) is 38.5 Å². The summed E-state index contributed by atoms with van der Waals surface area (Å²) in [6.07, 6.45) is 25.8. The smallest absolute Gasteiger partial charge is 0.306 e.